The summed E-state index contributed by atoms with van der Waals surface area (Å²) in [5.74, 6) is 0.819. The van der Waals surface area contributed by atoms with Crippen molar-refractivity contribution in [3.63, 3.8) is 0 Å². The maximum absolute atomic E-state index is 9.63. The third kappa shape index (κ3) is 8.42. The molecule has 7 nitrogen and oxygen atoms in total. The number of nitrogens with one attached hydrogen (secondary N) is 2. The Morgan fingerprint density at radius 1 is 1.13 bits per heavy atom. The number of benzene rings is 1. The summed E-state index contributed by atoms with van der Waals surface area (Å²) >= 11 is 0. The maximum atomic E-state index is 9.63. The van der Waals surface area contributed by atoms with Gasteiger partial charge in [-0.3, -0.25) is 14.6 Å². The van der Waals surface area contributed by atoms with Crippen LogP contribution >= 0.6 is 24.0 Å². The lowest BCUT2D eigenvalue weighted by molar-refractivity contribution is 0.0792. The average molecular weight is 540 g/mol. The smallest absolute Gasteiger partial charge is 0.191 e. The van der Waals surface area contributed by atoms with Crippen LogP contribution in [0.5, 0.6) is 0 Å². The quantitative estimate of drug-likeness (QED) is 0.208. The summed E-state index contributed by atoms with van der Waals surface area (Å²) in [6, 6.07) is 10.9. The van der Waals surface area contributed by atoms with Gasteiger partial charge in [-0.1, -0.05) is 24.3 Å². The van der Waals surface area contributed by atoms with Gasteiger partial charge in [0.05, 0.1) is 11.8 Å². The summed E-state index contributed by atoms with van der Waals surface area (Å²) in [5, 5.41) is 20.9. The molecule has 8 heteroatoms. The zero-order chi connectivity index (χ0) is 21.3. The number of aliphatic hydroxyl groups is 1. The van der Waals surface area contributed by atoms with Crippen molar-refractivity contribution < 1.29 is 5.11 Å². The molecule has 0 atom stereocenters. The van der Waals surface area contributed by atoms with E-state index in [1.807, 2.05) is 6.92 Å². The van der Waals surface area contributed by atoms with Gasteiger partial charge in [-0.05, 0) is 50.3 Å². The Morgan fingerprint density at radius 3 is 2.42 bits per heavy atom. The second kappa shape index (κ2) is 13.0. The van der Waals surface area contributed by atoms with E-state index in [-0.39, 0.29) is 30.1 Å². The van der Waals surface area contributed by atoms with Gasteiger partial charge in [0.15, 0.2) is 5.96 Å². The Labute approximate surface area is 203 Å². The van der Waals surface area contributed by atoms with E-state index in [1.165, 1.54) is 16.8 Å². The number of guanidine groups is 1. The molecule has 3 rings (SSSR count). The molecule has 1 fully saturated rings. The van der Waals surface area contributed by atoms with Crippen molar-refractivity contribution in [2.45, 2.75) is 58.8 Å². The molecule has 3 N–H and O–H groups in total. The molecule has 1 aliphatic rings. The van der Waals surface area contributed by atoms with E-state index in [1.54, 1.807) is 7.05 Å². The summed E-state index contributed by atoms with van der Waals surface area (Å²) in [5.41, 5.74) is 4.83. The van der Waals surface area contributed by atoms with Crippen LogP contribution in [-0.4, -0.2) is 58.5 Å². The molecule has 31 heavy (non-hydrogen) atoms. The lowest BCUT2D eigenvalue weighted by Gasteiger charge is -2.29. The average Bonchev–Trinajstić information content (AvgIpc) is 3.07. The highest BCUT2D eigenvalue weighted by atomic mass is 127. The lowest BCUT2D eigenvalue weighted by Crippen LogP contribution is -2.37. The van der Waals surface area contributed by atoms with Gasteiger partial charge in [0.2, 0.25) is 0 Å². The minimum absolute atomic E-state index is 0. The summed E-state index contributed by atoms with van der Waals surface area (Å²) in [7, 11) is 1.80. The number of nitrogens with zero attached hydrogens (tertiary/aromatic N) is 4. The van der Waals surface area contributed by atoms with E-state index in [0.29, 0.717) is 0 Å². The normalized spacial score (nSPS) is 15.5. The van der Waals surface area contributed by atoms with Gasteiger partial charge in [-0.15, -0.1) is 24.0 Å². The van der Waals surface area contributed by atoms with Crippen molar-refractivity contribution in [2.24, 2.45) is 4.99 Å². The largest absolute Gasteiger partial charge is 0.393 e. The van der Waals surface area contributed by atoms with Crippen LogP contribution in [0.25, 0.3) is 0 Å². The highest BCUT2D eigenvalue weighted by Crippen LogP contribution is 2.14. The van der Waals surface area contributed by atoms with Crippen molar-refractivity contribution in [2.75, 3.05) is 26.7 Å². The van der Waals surface area contributed by atoms with E-state index in [2.05, 4.69) is 67.6 Å². The minimum atomic E-state index is -0.114. The van der Waals surface area contributed by atoms with Crippen LogP contribution in [0.2, 0.25) is 0 Å². The number of rotatable bonds is 8. The van der Waals surface area contributed by atoms with Crippen molar-refractivity contribution >= 4 is 29.9 Å². The molecule has 2 aromatic rings. The molecule has 172 valence electrons. The zero-order valence-electron chi connectivity index (χ0n) is 19.0. The fourth-order valence-corrected chi connectivity index (χ4v) is 3.84. The Kier molecular flexibility index (Phi) is 10.8. The Hall–Kier alpha value is -1.65. The molecule has 1 saturated heterocycles. The molecule has 0 aliphatic carbocycles. The summed E-state index contributed by atoms with van der Waals surface area (Å²) in [6.45, 7) is 9.53. The molecule has 0 amide bonds. The van der Waals surface area contributed by atoms with Crippen LogP contribution in [0.1, 0.15) is 41.8 Å². The summed E-state index contributed by atoms with van der Waals surface area (Å²) in [4.78, 5) is 6.73. The fraction of sp³-hybridized carbons (Fsp3) is 0.565. The fourth-order valence-electron chi connectivity index (χ4n) is 3.84. The monoisotopic (exact) mass is 540 g/mol. The maximum Gasteiger partial charge on any atom is 0.191 e. The first-order chi connectivity index (χ1) is 14.5. The number of likely N-dealkylation sites (tertiary alicyclic amines) is 1. The Bertz CT molecular complexity index is 812. The van der Waals surface area contributed by atoms with E-state index < -0.39 is 0 Å². The molecule has 1 aliphatic heterocycles. The molecule has 0 spiro atoms. The van der Waals surface area contributed by atoms with Crippen LogP contribution in [0.3, 0.4) is 0 Å². The molecule has 0 bridgehead atoms. The van der Waals surface area contributed by atoms with Gasteiger partial charge >= 0.3 is 0 Å². The second-order valence-corrected chi connectivity index (χ2v) is 8.18. The predicted molar refractivity (Wildman–Crippen MR) is 137 cm³/mol. The number of hydrogen-bond donors (Lipinski definition) is 3. The van der Waals surface area contributed by atoms with Crippen molar-refractivity contribution in [3.05, 3.63) is 52.8 Å². The van der Waals surface area contributed by atoms with Crippen molar-refractivity contribution in [1.82, 2.24) is 25.3 Å². The summed E-state index contributed by atoms with van der Waals surface area (Å²) < 4.78 is 2.06. The van der Waals surface area contributed by atoms with Gasteiger partial charge in [0, 0.05) is 52.0 Å². The van der Waals surface area contributed by atoms with E-state index in [4.69, 9.17) is 0 Å². The lowest BCUT2D eigenvalue weighted by atomic mass is 10.1. The van der Waals surface area contributed by atoms with Gasteiger partial charge < -0.3 is 15.7 Å². The number of aliphatic imine (C=N–C) groups is 1. The third-order valence-corrected chi connectivity index (χ3v) is 5.61. The molecule has 2 heterocycles. The predicted octanol–water partition coefficient (Wildman–Crippen LogP) is 2.83. The van der Waals surface area contributed by atoms with Gasteiger partial charge in [0.1, 0.15) is 0 Å². The van der Waals surface area contributed by atoms with E-state index in [9.17, 15) is 5.11 Å². The molecule has 1 aromatic carbocycles. The number of aromatic nitrogens is 2. The first-order valence-corrected chi connectivity index (χ1v) is 11.0. The van der Waals surface area contributed by atoms with Crippen molar-refractivity contribution in [1.29, 1.82) is 0 Å². The Balaban J connectivity index is 0.00000341. The number of piperidine rings is 1. The molecule has 0 saturated carbocycles. The zero-order valence-corrected chi connectivity index (χ0v) is 21.3. The molecule has 0 radical (unpaired) electrons. The molecular weight excluding hydrogens is 503 g/mol. The highest BCUT2D eigenvalue weighted by Gasteiger charge is 2.16. The van der Waals surface area contributed by atoms with Gasteiger partial charge in [-0.2, -0.15) is 5.10 Å². The topological polar surface area (TPSA) is 77.7 Å². The third-order valence-electron chi connectivity index (χ3n) is 5.61. The minimum Gasteiger partial charge on any atom is -0.393 e. The standard InChI is InChI=1S/C23H36N6O.HI/c1-18-15-19(2)29(27-18)12-4-11-25-23(24-3)26-16-20-5-7-21(8-6-20)17-28-13-9-22(30)10-14-28;/h5-8,15,22,30H,4,9-14,16-17H2,1-3H3,(H2,24,25,26);1H. The summed E-state index contributed by atoms with van der Waals surface area (Å²) in [6.07, 6.45) is 2.65. The number of aryl methyl sites for hydroxylation is 3. The van der Waals surface area contributed by atoms with Crippen LogP contribution in [0.4, 0.5) is 0 Å². The number of halogens is 1. The van der Waals surface area contributed by atoms with Gasteiger partial charge in [-0.25, -0.2) is 0 Å². The first-order valence-electron chi connectivity index (χ1n) is 11.0. The second-order valence-electron chi connectivity index (χ2n) is 8.18. The van der Waals surface area contributed by atoms with Crippen molar-refractivity contribution in [3.8, 4) is 0 Å². The van der Waals surface area contributed by atoms with E-state index >= 15 is 0 Å². The van der Waals surface area contributed by atoms with Crippen LogP contribution in [-0.2, 0) is 19.6 Å². The molecule has 1 aromatic heterocycles. The Morgan fingerprint density at radius 2 is 1.81 bits per heavy atom. The molecule has 0 unspecified atom stereocenters. The first kappa shape index (κ1) is 25.6. The SMILES string of the molecule is CN=C(NCCCn1nc(C)cc1C)NCc1ccc(CN2CCC(O)CC2)cc1.I. The number of hydrogen-bond acceptors (Lipinski definition) is 4. The van der Waals surface area contributed by atoms with Gasteiger partial charge in [0.25, 0.3) is 0 Å². The highest BCUT2D eigenvalue weighted by molar-refractivity contribution is 14.0. The van der Waals surface area contributed by atoms with Crippen LogP contribution in [0.15, 0.2) is 35.3 Å². The number of aliphatic hydroxyl groups excluding tert-OH is 1. The van der Waals surface area contributed by atoms with Crippen LogP contribution < -0.4 is 10.6 Å². The van der Waals surface area contributed by atoms with E-state index in [0.717, 1.165) is 70.2 Å². The van der Waals surface area contributed by atoms with Crippen LogP contribution in [0, 0.1) is 13.8 Å². The molecular formula is C23H37IN6O.